The molecule has 1 aromatic carbocycles. The number of hydrogen-bond donors (Lipinski definition) is 3. The lowest BCUT2D eigenvalue weighted by Gasteiger charge is -2.42. The van der Waals surface area contributed by atoms with Crippen molar-refractivity contribution in [1.82, 2.24) is 20.7 Å². The van der Waals surface area contributed by atoms with Gasteiger partial charge in [-0.05, 0) is 69.7 Å². The van der Waals surface area contributed by atoms with Gasteiger partial charge in [0.2, 0.25) is 5.91 Å². The smallest absolute Gasteiger partial charge is 0.251 e. The summed E-state index contributed by atoms with van der Waals surface area (Å²) in [7, 11) is 0. The molecule has 3 rings (SSSR count). The molecule has 0 aromatic heterocycles. The van der Waals surface area contributed by atoms with Gasteiger partial charge >= 0.3 is 0 Å². The van der Waals surface area contributed by atoms with E-state index in [1.165, 1.54) is 6.42 Å². The highest BCUT2D eigenvalue weighted by atomic mass is 35.5. The molecule has 1 heterocycles. The Morgan fingerprint density at radius 2 is 1.78 bits per heavy atom. The third-order valence-corrected chi connectivity index (χ3v) is 7.70. The minimum atomic E-state index is -0.807. The number of rotatable bonds is 11. The van der Waals surface area contributed by atoms with Crippen LogP contribution in [0.5, 0.6) is 0 Å². The average molecular weight is 521 g/mol. The van der Waals surface area contributed by atoms with E-state index in [1.807, 2.05) is 43.1 Å². The number of nitrogens with zero attached hydrogens (tertiary/aromatic N) is 2. The number of carbonyl (C=O) groups excluding carboxylic acids is 2. The van der Waals surface area contributed by atoms with Gasteiger partial charge in [-0.2, -0.15) is 0 Å². The van der Waals surface area contributed by atoms with E-state index in [2.05, 4.69) is 29.5 Å². The first-order chi connectivity index (χ1) is 17.1. The van der Waals surface area contributed by atoms with Crippen LogP contribution in [-0.4, -0.2) is 71.2 Å². The summed E-state index contributed by atoms with van der Waals surface area (Å²) >= 11 is 6.04. The van der Waals surface area contributed by atoms with E-state index in [-0.39, 0.29) is 36.5 Å². The van der Waals surface area contributed by atoms with Crippen LogP contribution in [0.2, 0.25) is 5.02 Å². The van der Waals surface area contributed by atoms with Gasteiger partial charge in [-0.25, -0.2) is 5.01 Å². The SMILES string of the molecule is CC(C)CN[C@H](Cc1ccc(Cl)cc1)C(=O)NN1CC[C@H](N(C(=O)C(C)(C)CO)C2CCCCC2)C1. The summed E-state index contributed by atoms with van der Waals surface area (Å²) in [6.45, 7) is 9.77. The molecule has 1 saturated carbocycles. The zero-order valence-corrected chi connectivity index (χ0v) is 23.2. The van der Waals surface area contributed by atoms with Crippen molar-refractivity contribution < 1.29 is 14.7 Å². The van der Waals surface area contributed by atoms with Crippen LogP contribution in [0.3, 0.4) is 0 Å². The number of aliphatic hydroxyl groups is 1. The number of halogens is 1. The molecule has 8 heteroatoms. The first kappa shape index (κ1) is 28.9. The maximum atomic E-state index is 13.5. The normalized spacial score (nSPS) is 20.5. The van der Waals surface area contributed by atoms with E-state index < -0.39 is 5.41 Å². The van der Waals surface area contributed by atoms with Crippen LogP contribution < -0.4 is 10.7 Å². The average Bonchev–Trinajstić information content (AvgIpc) is 3.31. The zero-order valence-electron chi connectivity index (χ0n) is 22.4. The van der Waals surface area contributed by atoms with Gasteiger partial charge in [0.1, 0.15) is 0 Å². The molecule has 0 unspecified atom stereocenters. The van der Waals surface area contributed by atoms with Crippen molar-refractivity contribution in [3.63, 3.8) is 0 Å². The van der Waals surface area contributed by atoms with E-state index in [1.54, 1.807) is 0 Å². The topological polar surface area (TPSA) is 84.9 Å². The first-order valence-corrected chi connectivity index (χ1v) is 14.0. The maximum absolute atomic E-state index is 13.5. The van der Waals surface area contributed by atoms with Crippen LogP contribution in [-0.2, 0) is 16.0 Å². The molecule has 7 nitrogen and oxygen atoms in total. The number of benzene rings is 1. The van der Waals surface area contributed by atoms with E-state index in [4.69, 9.17) is 11.6 Å². The Balaban J connectivity index is 1.67. The molecule has 2 fully saturated rings. The van der Waals surface area contributed by atoms with Gasteiger partial charge in [-0.1, -0.05) is 56.8 Å². The van der Waals surface area contributed by atoms with Crippen LogP contribution in [0, 0.1) is 11.3 Å². The van der Waals surface area contributed by atoms with Gasteiger partial charge < -0.3 is 15.3 Å². The molecule has 36 heavy (non-hydrogen) atoms. The minimum Gasteiger partial charge on any atom is -0.395 e. The Hall–Kier alpha value is -1.67. The molecule has 1 aromatic rings. The molecule has 2 amide bonds. The molecule has 2 aliphatic rings. The molecular weight excluding hydrogens is 476 g/mol. The third kappa shape index (κ3) is 7.91. The van der Waals surface area contributed by atoms with Crippen molar-refractivity contribution in [2.45, 2.75) is 90.8 Å². The molecule has 2 atom stereocenters. The van der Waals surface area contributed by atoms with Gasteiger partial charge in [0.05, 0.1) is 18.1 Å². The van der Waals surface area contributed by atoms with Crippen LogP contribution in [0.1, 0.15) is 71.8 Å². The summed E-state index contributed by atoms with van der Waals surface area (Å²) in [5, 5.41) is 16.0. The molecule has 0 bridgehead atoms. The summed E-state index contributed by atoms with van der Waals surface area (Å²) in [4.78, 5) is 28.9. The minimum absolute atomic E-state index is 0.0225. The Labute approximate surface area is 221 Å². The lowest BCUT2D eigenvalue weighted by molar-refractivity contribution is -0.148. The second-order valence-electron chi connectivity index (χ2n) is 11.6. The molecule has 0 spiro atoms. The summed E-state index contributed by atoms with van der Waals surface area (Å²) in [6.07, 6.45) is 6.89. The predicted octanol–water partition coefficient (Wildman–Crippen LogP) is 3.78. The van der Waals surface area contributed by atoms with Crippen molar-refractivity contribution in [1.29, 1.82) is 0 Å². The maximum Gasteiger partial charge on any atom is 0.251 e. The lowest BCUT2D eigenvalue weighted by Crippen LogP contribution is -2.56. The van der Waals surface area contributed by atoms with E-state index in [0.717, 1.165) is 44.2 Å². The van der Waals surface area contributed by atoms with E-state index >= 15 is 0 Å². The van der Waals surface area contributed by atoms with Gasteiger partial charge in [-0.3, -0.25) is 15.0 Å². The highest BCUT2D eigenvalue weighted by Crippen LogP contribution is 2.31. The number of aliphatic hydroxyl groups excluding tert-OH is 1. The number of nitrogens with one attached hydrogen (secondary N) is 2. The van der Waals surface area contributed by atoms with Crippen LogP contribution >= 0.6 is 11.6 Å². The summed E-state index contributed by atoms with van der Waals surface area (Å²) in [5.74, 6) is 0.387. The fraction of sp³-hybridized carbons (Fsp3) is 0.714. The first-order valence-electron chi connectivity index (χ1n) is 13.6. The highest BCUT2D eigenvalue weighted by Gasteiger charge is 2.41. The molecule has 1 aliphatic heterocycles. The fourth-order valence-corrected chi connectivity index (χ4v) is 5.33. The highest BCUT2D eigenvalue weighted by molar-refractivity contribution is 6.30. The Bertz CT molecular complexity index is 855. The van der Waals surface area contributed by atoms with Gasteiger partial charge in [0.25, 0.3) is 5.91 Å². The van der Waals surface area contributed by atoms with Crippen molar-refractivity contribution in [2.75, 3.05) is 26.2 Å². The largest absolute Gasteiger partial charge is 0.395 e. The molecule has 3 N–H and O–H groups in total. The summed E-state index contributed by atoms with van der Waals surface area (Å²) < 4.78 is 0. The number of hydrogen-bond acceptors (Lipinski definition) is 5. The number of amides is 2. The summed E-state index contributed by atoms with van der Waals surface area (Å²) in [5.41, 5.74) is 3.38. The molecular formula is C28H45ClN4O3. The second kappa shape index (κ2) is 13.2. The molecule has 202 valence electrons. The van der Waals surface area contributed by atoms with Crippen molar-refractivity contribution >= 4 is 23.4 Å². The fourth-order valence-electron chi connectivity index (χ4n) is 5.20. The van der Waals surface area contributed by atoms with Gasteiger partial charge in [0, 0.05) is 30.2 Å². The Morgan fingerprint density at radius 1 is 1.11 bits per heavy atom. The number of hydrazine groups is 1. The quantitative estimate of drug-likeness (QED) is 0.413. The monoisotopic (exact) mass is 520 g/mol. The second-order valence-corrected chi connectivity index (χ2v) is 12.0. The number of carbonyl (C=O) groups is 2. The van der Waals surface area contributed by atoms with Crippen molar-refractivity contribution in [3.05, 3.63) is 34.9 Å². The van der Waals surface area contributed by atoms with Gasteiger partial charge in [-0.15, -0.1) is 0 Å². The Kier molecular flexibility index (Phi) is 10.6. The lowest BCUT2D eigenvalue weighted by atomic mass is 9.87. The standard InChI is InChI=1S/C28H45ClN4O3/c1-20(2)17-30-25(16-21-10-12-22(29)13-11-21)26(35)31-32-15-14-24(18-32)33(23-8-6-5-7-9-23)27(36)28(3,4)19-34/h10-13,20,23-25,30,34H,5-9,14-19H2,1-4H3,(H,31,35)/t24-,25+/m0/s1. The molecule has 1 saturated heterocycles. The van der Waals surface area contributed by atoms with Crippen LogP contribution in [0.4, 0.5) is 0 Å². The van der Waals surface area contributed by atoms with E-state index in [0.29, 0.717) is 30.5 Å². The van der Waals surface area contributed by atoms with Crippen molar-refractivity contribution in [2.24, 2.45) is 11.3 Å². The third-order valence-electron chi connectivity index (χ3n) is 7.44. The van der Waals surface area contributed by atoms with E-state index in [9.17, 15) is 14.7 Å². The van der Waals surface area contributed by atoms with Crippen molar-refractivity contribution in [3.8, 4) is 0 Å². The Morgan fingerprint density at radius 3 is 2.39 bits per heavy atom. The predicted molar refractivity (Wildman–Crippen MR) is 144 cm³/mol. The molecule has 0 radical (unpaired) electrons. The zero-order chi connectivity index (χ0) is 26.3. The molecule has 1 aliphatic carbocycles. The summed E-state index contributed by atoms with van der Waals surface area (Å²) in [6, 6.07) is 7.50. The van der Waals surface area contributed by atoms with Gasteiger partial charge in [0.15, 0.2) is 0 Å². The van der Waals surface area contributed by atoms with Crippen LogP contribution in [0.25, 0.3) is 0 Å². The van der Waals surface area contributed by atoms with Crippen LogP contribution in [0.15, 0.2) is 24.3 Å².